The minimum absolute atomic E-state index is 0.0651. The molecule has 1 unspecified atom stereocenters. The number of carbonyl (C=O) groups excluding carboxylic acids is 3. The normalized spacial score (nSPS) is 13.8. The molecule has 190 valence electrons. The minimum Gasteiger partial charge on any atom is -0.350 e. The fourth-order valence-corrected chi connectivity index (χ4v) is 6.01. The first kappa shape index (κ1) is 25.3. The van der Waals surface area contributed by atoms with E-state index in [2.05, 4.69) is 10.3 Å². The Morgan fingerprint density at radius 1 is 0.868 bits per heavy atom. The molecule has 0 saturated heterocycles. The van der Waals surface area contributed by atoms with Gasteiger partial charge in [0.1, 0.15) is 5.25 Å². The molecule has 5 rings (SSSR count). The number of imide groups is 1. The number of pyridine rings is 1. The molecule has 1 atom stereocenters. The van der Waals surface area contributed by atoms with E-state index in [-0.39, 0.29) is 17.0 Å². The van der Waals surface area contributed by atoms with Crippen LogP contribution in [0.3, 0.4) is 0 Å². The van der Waals surface area contributed by atoms with Crippen LogP contribution in [0.4, 0.5) is 5.69 Å². The van der Waals surface area contributed by atoms with Crippen molar-refractivity contribution in [3.05, 3.63) is 125 Å². The Labute approximate surface area is 223 Å². The number of amides is 3. The third-order valence-electron chi connectivity index (χ3n) is 6.20. The Balaban J connectivity index is 1.34. The highest BCUT2D eigenvalue weighted by Gasteiger charge is 2.36. The summed E-state index contributed by atoms with van der Waals surface area (Å²) in [5.41, 5.74) is 1.62. The number of rotatable bonds is 7. The van der Waals surface area contributed by atoms with Crippen molar-refractivity contribution in [2.24, 2.45) is 0 Å². The van der Waals surface area contributed by atoms with Gasteiger partial charge >= 0.3 is 0 Å². The summed E-state index contributed by atoms with van der Waals surface area (Å²) >= 11 is 5.92. The molecule has 0 spiro atoms. The van der Waals surface area contributed by atoms with E-state index < -0.39 is 32.8 Å². The number of hydrogen-bond acceptors (Lipinski definition) is 6. The van der Waals surface area contributed by atoms with Gasteiger partial charge in [-0.05, 0) is 72.3 Å². The molecule has 3 amide bonds. The van der Waals surface area contributed by atoms with Crippen LogP contribution in [0, 0.1) is 0 Å². The van der Waals surface area contributed by atoms with Crippen molar-refractivity contribution in [1.82, 2.24) is 10.3 Å². The summed E-state index contributed by atoms with van der Waals surface area (Å²) in [6.45, 7) is -0.213. The number of fused-ring (bicyclic) bond motifs is 1. The molecule has 1 aliphatic rings. The maximum absolute atomic E-state index is 13.4. The number of hydrogen-bond donors (Lipinski definition) is 1. The number of benzene rings is 3. The lowest BCUT2D eigenvalue weighted by molar-refractivity contribution is 0.0923. The quantitative estimate of drug-likeness (QED) is 0.343. The maximum Gasteiger partial charge on any atom is 0.266 e. The Morgan fingerprint density at radius 3 is 2.08 bits per heavy atom. The summed E-state index contributed by atoms with van der Waals surface area (Å²) < 4.78 is 26.9. The third-order valence-corrected chi connectivity index (χ3v) is 8.57. The standard InChI is InChI=1S/C28H20ClN3O5S/c29-20-9-13-22(14-10-20)38(36,37)25(19-4-3-15-30-16-19)17-31-26(33)18-7-11-21(12-8-18)32-27(34)23-5-1-2-6-24(23)28(32)35/h1-16,25H,17H2,(H,31,33). The van der Waals surface area contributed by atoms with Gasteiger partial charge in [0.05, 0.1) is 21.7 Å². The molecule has 4 aromatic rings. The molecular weight excluding hydrogens is 526 g/mol. The molecule has 8 nitrogen and oxygen atoms in total. The van der Waals surface area contributed by atoms with Crippen LogP contribution in [0.25, 0.3) is 0 Å². The van der Waals surface area contributed by atoms with Gasteiger partial charge in [-0.2, -0.15) is 0 Å². The summed E-state index contributed by atoms with van der Waals surface area (Å²) in [7, 11) is -3.90. The van der Waals surface area contributed by atoms with E-state index >= 15 is 0 Å². The smallest absolute Gasteiger partial charge is 0.266 e. The second-order valence-electron chi connectivity index (χ2n) is 8.52. The number of aromatic nitrogens is 1. The van der Waals surface area contributed by atoms with Gasteiger partial charge in [0.15, 0.2) is 9.84 Å². The van der Waals surface area contributed by atoms with Crippen molar-refractivity contribution in [2.75, 3.05) is 11.4 Å². The van der Waals surface area contributed by atoms with Crippen LogP contribution in [0.5, 0.6) is 0 Å². The lowest BCUT2D eigenvalue weighted by Crippen LogP contribution is -2.32. The van der Waals surface area contributed by atoms with Crippen LogP contribution in [0.1, 0.15) is 41.9 Å². The van der Waals surface area contributed by atoms with Crippen molar-refractivity contribution in [1.29, 1.82) is 0 Å². The topological polar surface area (TPSA) is 114 Å². The van der Waals surface area contributed by atoms with E-state index in [1.807, 2.05) is 0 Å². The molecule has 1 aliphatic heterocycles. The SMILES string of the molecule is O=C(NCC(c1cccnc1)S(=O)(=O)c1ccc(Cl)cc1)c1ccc(N2C(=O)c3ccccc3C2=O)cc1. The highest BCUT2D eigenvalue weighted by molar-refractivity contribution is 7.91. The summed E-state index contributed by atoms with van der Waals surface area (Å²) in [5, 5.41) is 1.99. The molecule has 0 aliphatic carbocycles. The van der Waals surface area contributed by atoms with E-state index in [1.54, 1.807) is 36.4 Å². The number of nitrogens with one attached hydrogen (secondary N) is 1. The Kier molecular flexibility index (Phi) is 6.79. The van der Waals surface area contributed by atoms with Crippen LogP contribution in [-0.2, 0) is 9.84 Å². The van der Waals surface area contributed by atoms with Crippen molar-refractivity contribution < 1.29 is 22.8 Å². The Morgan fingerprint density at radius 2 is 1.50 bits per heavy atom. The summed E-state index contributed by atoms with van der Waals surface area (Å²) in [4.78, 5) is 43.5. The molecule has 0 saturated carbocycles. The average molecular weight is 546 g/mol. The molecular formula is C28H20ClN3O5S. The molecule has 38 heavy (non-hydrogen) atoms. The highest BCUT2D eigenvalue weighted by Crippen LogP contribution is 2.30. The second-order valence-corrected chi connectivity index (χ2v) is 11.1. The Hall–Kier alpha value is -4.34. The van der Waals surface area contributed by atoms with Gasteiger partial charge < -0.3 is 5.32 Å². The monoisotopic (exact) mass is 545 g/mol. The zero-order chi connectivity index (χ0) is 26.9. The van der Waals surface area contributed by atoms with Crippen molar-refractivity contribution in [3.63, 3.8) is 0 Å². The van der Waals surface area contributed by atoms with Crippen LogP contribution in [-0.4, -0.2) is 37.7 Å². The van der Waals surface area contributed by atoms with Crippen molar-refractivity contribution in [3.8, 4) is 0 Å². The first-order chi connectivity index (χ1) is 18.3. The van der Waals surface area contributed by atoms with E-state index in [4.69, 9.17) is 11.6 Å². The van der Waals surface area contributed by atoms with Gasteiger partial charge in [-0.3, -0.25) is 19.4 Å². The summed E-state index contributed by atoms with van der Waals surface area (Å²) in [5.74, 6) is -1.39. The largest absolute Gasteiger partial charge is 0.350 e. The molecule has 1 aromatic heterocycles. The van der Waals surface area contributed by atoms with E-state index in [9.17, 15) is 22.8 Å². The first-order valence-electron chi connectivity index (χ1n) is 11.5. The molecule has 2 heterocycles. The fraction of sp³-hybridized carbons (Fsp3) is 0.0714. The van der Waals surface area contributed by atoms with Gasteiger partial charge in [-0.15, -0.1) is 0 Å². The van der Waals surface area contributed by atoms with Crippen LogP contribution < -0.4 is 10.2 Å². The predicted molar refractivity (Wildman–Crippen MR) is 142 cm³/mol. The fourth-order valence-electron chi connectivity index (χ4n) is 4.23. The molecule has 0 bridgehead atoms. The average Bonchev–Trinajstić information content (AvgIpc) is 3.19. The number of sulfone groups is 1. The van der Waals surface area contributed by atoms with Crippen LogP contribution in [0.15, 0.2) is 102 Å². The number of anilines is 1. The third kappa shape index (κ3) is 4.69. The van der Waals surface area contributed by atoms with Gasteiger partial charge in [-0.25, -0.2) is 13.3 Å². The lowest BCUT2D eigenvalue weighted by atomic mass is 10.1. The first-order valence-corrected chi connectivity index (χ1v) is 13.5. The zero-order valence-electron chi connectivity index (χ0n) is 19.7. The zero-order valence-corrected chi connectivity index (χ0v) is 21.3. The van der Waals surface area contributed by atoms with Gasteiger partial charge in [0.2, 0.25) is 0 Å². The summed E-state index contributed by atoms with van der Waals surface area (Å²) in [6, 6.07) is 21.6. The van der Waals surface area contributed by atoms with E-state index in [0.29, 0.717) is 27.4 Å². The molecule has 3 aromatic carbocycles. The highest BCUT2D eigenvalue weighted by atomic mass is 35.5. The predicted octanol–water partition coefficient (Wildman–Crippen LogP) is 4.48. The van der Waals surface area contributed by atoms with E-state index in [0.717, 1.165) is 4.90 Å². The van der Waals surface area contributed by atoms with Crippen LogP contribution in [0.2, 0.25) is 5.02 Å². The lowest BCUT2D eigenvalue weighted by Gasteiger charge is -2.19. The molecule has 0 fully saturated rings. The van der Waals surface area contributed by atoms with Crippen molar-refractivity contribution in [2.45, 2.75) is 10.1 Å². The minimum atomic E-state index is -3.90. The van der Waals surface area contributed by atoms with Gasteiger partial charge in [-0.1, -0.05) is 29.8 Å². The molecule has 0 radical (unpaired) electrons. The maximum atomic E-state index is 13.4. The number of carbonyl (C=O) groups is 3. The Bertz CT molecular complexity index is 1610. The second kappa shape index (κ2) is 10.2. The van der Waals surface area contributed by atoms with Gasteiger partial charge in [0, 0.05) is 29.5 Å². The molecule has 1 N–H and O–H groups in total. The van der Waals surface area contributed by atoms with E-state index in [1.165, 1.54) is 60.9 Å². The number of nitrogens with zero attached hydrogens (tertiary/aromatic N) is 2. The molecule has 10 heteroatoms. The van der Waals surface area contributed by atoms with Crippen molar-refractivity contribution >= 4 is 44.8 Å². The summed E-state index contributed by atoms with van der Waals surface area (Å²) in [6.07, 6.45) is 2.98. The van der Waals surface area contributed by atoms with Gasteiger partial charge in [0.25, 0.3) is 17.7 Å². The van der Waals surface area contributed by atoms with Crippen LogP contribution >= 0.6 is 11.6 Å². The number of halogens is 1.